The van der Waals surface area contributed by atoms with Crippen LogP contribution < -0.4 is 5.73 Å². The van der Waals surface area contributed by atoms with Gasteiger partial charge in [0.05, 0.1) is 16.8 Å². The fourth-order valence-electron chi connectivity index (χ4n) is 2.21. The van der Waals surface area contributed by atoms with E-state index in [2.05, 4.69) is 10.2 Å². The quantitative estimate of drug-likeness (QED) is 0.755. The summed E-state index contributed by atoms with van der Waals surface area (Å²) in [4.78, 5) is 0. The third-order valence-corrected chi connectivity index (χ3v) is 3.11. The zero-order valence-corrected chi connectivity index (χ0v) is 10.7. The molecule has 0 aliphatic heterocycles. The summed E-state index contributed by atoms with van der Waals surface area (Å²) in [7, 11) is 0. The molecule has 106 valence electrons. The molecule has 0 amide bonds. The number of benzene rings is 2. The van der Waals surface area contributed by atoms with Gasteiger partial charge in [-0.2, -0.15) is 5.10 Å². The van der Waals surface area contributed by atoms with Crippen molar-refractivity contribution in [1.29, 1.82) is 0 Å². The Morgan fingerprint density at radius 3 is 2.14 bits per heavy atom. The topological polar surface area (TPSA) is 54.7 Å². The highest BCUT2D eigenvalue weighted by molar-refractivity contribution is 5.88. The fourth-order valence-corrected chi connectivity index (χ4v) is 2.21. The fraction of sp³-hybridized carbons (Fsp3) is 0. The lowest BCUT2D eigenvalue weighted by molar-refractivity contribution is 0.547. The third kappa shape index (κ3) is 2.24. The number of halogens is 3. The highest BCUT2D eigenvalue weighted by atomic mass is 19.1. The first-order valence-corrected chi connectivity index (χ1v) is 6.12. The van der Waals surface area contributed by atoms with Crippen LogP contribution in [0.3, 0.4) is 0 Å². The van der Waals surface area contributed by atoms with Gasteiger partial charge in [-0.1, -0.05) is 30.3 Å². The molecule has 3 N–H and O–H groups in total. The molecule has 0 atom stereocenters. The summed E-state index contributed by atoms with van der Waals surface area (Å²) in [5.74, 6) is -2.91. The highest BCUT2D eigenvalue weighted by Crippen LogP contribution is 2.37. The summed E-state index contributed by atoms with van der Waals surface area (Å²) < 4.78 is 40.9. The maximum Gasteiger partial charge on any atom is 0.153 e. The van der Waals surface area contributed by atoms with Gasteiger partial charge < -0.3 is 5.73 Å². The first kappa shape index (κ1) is 13.2. The second-order valence-electron chi connectivity index (χ2n) is 4.47. The Morgan fingerprint density at radius 2 is 1.52 bits per heavy atom. The van der Waals surface area contributed by atoms with Gasteiger partial charge in [0.2, 0.25) is 0 Å². The third-order valence-electron chi connectivity index (χ3n) is 3.11. The molecule has 0 spiro atoms. The lowest BCUT2D eigenvalue weighted by Crippen LogP contribution is -1.95. The van der Waals surface area contributed by atoms with Crippen LogP contribution in [0.1, 0.15) is 0 Å². The van der Waals surface area contributed by atoms with Gasteiger partial charge in [0.25, 0.3) is 0 Å². The first-order chi connectivity index (χ1) is 10.1. The summed E-state index contributed by atoms with van der Waals surface area (Å²) in [6, 6.07) is 10.0. The van der Waals surface area contributed by atoms with E-state index in [-0.39, 0.29) is 17.1 Å². The smallest absolute Gasteiger partial charge is 0.153 e. The Hall–Kier alpha value is -2.76. The molecule has 0 saturated carbocycles. The van der Waals surface area contributed by atoms with Crippen LogP contribution in [-0.4, -0.2) is 10.2 Å². The predicted molar refractivity (Wildman–Crippen MR) is 73.7 cm³/mol. The van der Waals surface area contributed by atoms with Gasteiger partial charge in [-0.15, -0.1) is 0 Å². The van der Waals surface area contributed by atoms with Crippen molar-refractivity contribution in [2.45, 2.75) is 0 Å². The summed E-state index contributed by atoms with van der Waals surface area (Å²) in [5.41, 5.74) is 6.50. The highest BCUT2D eigenvalue weighted by Gasteiger charge is 2.21. The number of H-pyrrole nitrogens is 1. The van der Waals surface area contributed by atoms with Crippen molar-refractivity contribution in [2.24, 2.45) is 0 Å². The minimum absolute atomic E-state index is 0.0775. The van der Waals surface area contributed by atoms with E-state index in [9.17, 15) is 13.2 Å². The Balaban J connectivity index is 2.27. The van der Waals surface area contributed by atoms with Crippen LogP contribution in [0.4, 0.5) is 19.0 Å². The summed E-state index contributed by atoms with van der Waals surface area (Å²) in [6.45, 7) is 0. The Bertz CT molecular complexity index is 774. The minimum atomic E-state index is -1.02. The van der Waals surface area contributed by atoms with Gasteiger partial charge in [-0.05, 0) is 5.56 Å². The molecule has 0 saturated heterocycles. The van der Waals surface area contributed by atoms with Crippen LogP contribution >= 0.6 is 0 Å². The molecule has 0 bridgehead atoms. The molecule has 0 radical (unpaired) electrons. The van der Waals surface area contributed by atoms with Crippen LogP contribution in [0.2, 0.25) is 0 Å². The van der Waals surface area contributed by atoms with Gasteiger partial charge in [0.1, 0.15) is 17.5 Å². The van der Waals surface area contributed by atoms with Crippen LogP contribution in [0.5, 0.6) is 0 Å². The number of nitrogens with zero attached hydrogens (tertiary/aromatic N) is 1. The number of nitrogens with one attached hydrogen (secondary N) is 1. The summed E-state index contributed by atoms with van der Waals surface area (Å²) in [5, 5.41) is 6.31. The van der Waals surface area contributed by atoms with Gasteiger partial charge in [-0.25, -0.2) is 13.2 Å². The zero-order chi connectivity index (χ0) is 15.0. The molecule has 3 aromatic rings. The van der Waals surface area contributed by atoms with E-state index in [1.807, 2.05) is 0 Å². The van der Waals surface area contributed by atoms with Crippen molar-refractivity contribution in [3.8, 4) is 22.4 Å². The molecule has 2 aromatic carbocycles. The predicted octanol–water partition coefficient (Wildman–Crippen LogP) is 3.74. The number of hydrogen-bond donors (Lipinski definition) is 2. The van der Waals surface area contributed by atoms with Crippen LogP contribution in [0.25, 0.3) is 22.4 Å². The van der Waals surface area contributed by atoms with Crippen molar-refractivity contribution in [3.05, 3.63) is 59.9 Å². The normalized spacial score (nSPS) is 10.8. The molecule has 0 aliphatic carbocycles. The molecule has 21 heavy (non-hydrogen) atoms. The Labute approximate surface area is 118 Å². The summed E-state index contributed by atoms with van der Waals surface area (Å²) in [6.07, 6.45) is 0. The van der Waals surface area contributed by atoms with E-state index in [0.29, 0.717) is 23.3 Å². The lowest BCUT2D eigenvalue weighted by atomic mass is 10.00. The Kier molecular flexibility index (Phi) is 3.13. The molecule has 0 unspecified atom stereocenters. The van der Waals surface area contributed by atoms with Crippen molar-refractivity contribution in [2.75, 3.05) is 5.73 Å². The van der Waals surface area contributed by atoms with E-state index >= 15 is 0 Å². The molecular weight excluding hydrogens is 279 g/mol. The molecule has 1 aromatic heterocycles. The van der Waals surface area contributed by atoms with E-state index in [4.69, 9.17) is 5.73 Å². The monoisotopic (exact) mass is 289 g/mol. The summed E-state index contributed by atoms with van der Waals surface area (Å²) >= 11 is 0. The molecule has 0 aliphatic rings. The number of rotatable bonds is 2. The molecule has 3 nitrogen and oxygen atoms in total. The molecule has 6 heteroatoms. The van der Waals surface area contributed by atoms with Crippen molar-refractivity contribution in [3.63, 3.8) is 0 Å². The second-order valence-corrected chi connectivity index (χ2v) is 4.47. The second kappa shape index (κ2) is 4.97. The number of anilines is 1. The zero-order valence-electron chi connectivity index (χ0n) is 10.7. The number of nitrogens with two attached hydrogens (primary N) is 1. The van der Waals surface area contributed by atoms with E-state index < -0.39 is 17.5 Å². The van der Waals surface area contributed by atoms with E-state index in [1.165, 1.54) is 0 Å². The van der Waals surface area contributed by atoms with Crippen LogP contribution in [0.15, 0.2) is 42.5 Å². The lowest BCUT2D eigenvalue weighted by Gasteiger charge is -2.07. The van der Waals surface area contributed by atoms with E-state index in [0.717, 1.165) is 0 Å². The van der Waals surface area contributed by atoms with E-state index in [1.54, 1.807) is 30.3 Å². The number of nitrogen functional groups attached to an aromatic ring is 1. The maximum atomic E-state index is 13.9. The molecule has 3 rings (SSSR count). The van der Waals surface area contributed by atoms with Crippen LogP contribution in [0, 0.1) is 17.5 Å². The molecule has 0 fully saturated rings. The maximum absolute atomic E-state index is 13.9. The average molecular weight is 289 g/mol. The first-order valence-electron chi connectivity index (χ1n) is 6.12. The average Bonchev–Trinajstić information content (AvgIpc) is 2.80. The molecule has 1 heterocycles. The number of aromatic amines is 1. The molecular formula is C15H10F3N3. The largest absolute Gasteiger partial charge is 0.382 e. The number of hydrogen-bond acceptors (Lipinski definition) is 2. The SMILES string of the molecule is Nc1n[nH]c(-c2c(F)cc(F)cc2F)c1-c1ccccc1. The van der Waals surface area contributed by atoms with Gasteiger partial charge in [0.15, 0.2) is 5.82 Å². The number of aromatic nitrogens is 2. The minimum Gasteiger partial charge on any atom is -0.382 e. The van der Waals surface area contributed by atoms with Crippen molar-refractivity contribution >= 4 is 5.82 Å². The standard InChI is InChI=1S/C15H10F3N3/c16-9-6-10(17)13(11(18)7-9)14-12(15(19)21-20-14)8-4-2-1-3-5-8/h1-7H,(H3,19,20,21). The van der Waals surface area contributed by atoms with Gasteiger partial charge in [-0.3, -0.25) is 5.10 Å². The van der Waals surface area contributed by atoms with Crippen molar-refractivity contribution in [1.82, 2.24) is 10.2 Å². The van der Waals surface area contributed by atoms with Gasteiger partial charge >= 0.3 is 0 Å². The van der Waals surface area contributed by atoms with Gasteiger partial charge in [0, 0.05) is 12.1 Å². The Morgan fingerprint density at radius 1 is 0.905 bits per heavy atom. The van der Waals surface area contributed by atoms with Crippen LogP contribution in [-0.2, 0) is 0 Å². The van der Waals surface area contributed by atoms with Crippen molar-refractivity contribution < 1.29 is 13.2 Å².